The van der Waals surface area contributed by atoms with Crippen molar-refractivity contribution in [1.29, 1.82) is 0 Å². The second kappa shape index (κ2) is 5.94. The molecule has 1 unspecified atom stereocenters. The molecule has 1 atom stereocenters. The summed E-state index contributed by atoms with van der Waals surface area (Å²) < 4.78 is 38.7. The molecule has 4 rings (SSSR count). The van der Waals surface area contributed by atoms with Crippen LogP contribution in [0.5, 0.6) is 0 Å². The number of ether oxygens (including phenoxy) is 1. The van der Waals surface area contributed by atoms with Gasteiger partial charge in [-0.2, -0.15) is 4.31 Å². The van der Waals surface area contributed by atoms with Crippen molar-refractivity contribution in [2.75, 3.05) is 26.3 Å². The van der Waals surface area contributed by atoms with Gasteiger partial charge in [0.1, 0.15) is 0 Å². The lowest BCUT2D eigenvalue weighted by Gasteiger charge is -2.38. The van der Waals surface area contributed by atoms with Crippen LogP contribution in [0.25, 0.3) is 10.6 Å². The SMILES string of the molecule is Cc1sc(-c2ccno2)cc1S(=O)(=O)N1CCCC2(CCOC2)C1. The second-order valence-corrected chi connectivity index (χ2v) is 9.82. The maximum absolute atomic E-state index is 13.2. The van der Waals surface area contributed by atoms with Crippen LogP contribution in [0, 0.1) is 12.3 Å². The molecule has 2 fully saturated rings. The van der Waals surface area contributed by atoms with Gasteiger partial charge in [-0.15, -0.1) is 11.3 Å². The molecule has 2 aliphatic heterocycles. The molecule has 6 nitrogen and oxygen atoms in total. The number of aryl methyl sites for hydroxylation is 1. The Morgan fingerprint density at radius 3 is 2.96 bits per heavy atom. The molecule has 24 heavy (non-hydrogen) atoms. The number of hydrogen-bond donors (Lipinski definition) is 0. The Balaban J connectivity index is 1.65. The molecule has 2 aromatic rings. The van der Waals surface area contributed by atoms with Crippen molar-refractivity contribution >= 4 is 21.4 Å². The molecule has 2 aliphatic rings. The molecule has 0 bridgehead atoms. The van der Waals surface area contributed by atoms with E-state index in [1.165, 1.54) is 11.3 Å². The van der Waals surface area contributed by atoms with Crippen molar-refractivity contribution in [3.8, 4) is 10.6 Å². The van der Waals surface area contributed by atoms with Crippen LogP contribution in [0.15, 0.2) is 27.7 Å². The van der Waals surface area contributed by atoms with E-state index in [9.17, 15) is 8.42 Å². The van der Waals surface area contributed by atoms with Crippen molar-refractivity contribution < 1.29 is 17.7 Å². The van der Waals surface area contributed by atoms with E-state index in [1.807, 2.05) is 6.92 Å². The molecule has 8 heteroatoms. The number of hydrogen-bond acceptors (Lipinski definition) is 6. The molecular formula is C16H20N2O4S2. The first-order chi connectivity index (χ1) is 11.5. The minimum atomic E-state index is -3.50. The third kappa shape index (κ3) is 2.71. The highest BCUT2D eigenvalue weighted by Gasteiger charge is 2.43. The quantitative estimate of drug-likeness (QED) is 0.833. The molecule has 0 aliphatic carbocycles. The normalized spacial score (nSPS) is 25.5. The molecule has 2 aromatic heterocycles. The van der Waals surface area contributed by atoms with E-state index in [1.54, 1.807) is 22.6 Å². The number of piperidine rings is 1. The number of thiophene rings is 1. The second-order valence-electron chi connectivity index (χ2n) is 6.65. The van der Waals surface area contributed by atoms with Gasteiger partial charge in [-0.3, -0.25) is 0 Å². The third-order valence-corrected chi connectivity index (χ3v) is 8.15. The zero-order valence-corrected chi connectivity index (χ0v) is 15.2. The zero-order chi connectivity index (χ0) is 16.8. The lowest BCUT2D eigenvalue weighted by atomic mass is 9.80. The number of rotatable bonds is 3. The van der Waals surface area contributed by atoms with E-state index in [2.05, 4.69) is 5.16 Å². The van der Waals surface area contributed by atoms with Crippen molar-refractivity contribution in [1.82, 2.24) is 9.46 Å². The summed E-state index contributed by atoms with van der Waals surface area (Å²) in [5, 5.41) is 3.70. The Hall–Kier alpha value is -1.22. The summed E-state index contributed by atoms with van der Waals surface area (Å²) in [4.78, 5) is 1.96. The first-order valence-corrected chi connectivity index (χ1v) is 10.4. The van der Waals surface area contributed by atoms with Gasteiger partial charge in [0.15, 0.2) is 5.76 Å². The van der Waals surface area contributed by atoms with Gasteiger partial charge in [-0.05, 0) is 32.3 Å². The lowest BCUT2D eigenvalue weighted by molar-refractivity contribution is 0.105. The molecule has 0 radical (unpaired) electrons. The van der Waals surface area contributed by atoms with Gasteiger partial charge in [-0.25, -0.2) is 8.42 Å². The van der Waals surface area contributed by atoms with E-state index in [-0.39, 0.29) is 5.41 Å². The fourth-order valence-corrected chi connectivity index (χ4v) is 6.77. The van der Waals surface area contributed by atoms with Crippen LogP contribution >= 0.6 is 11.3 Å². The van der Waals surface area contributed by atoms with Crippen molar-refractivity contribution in [2.45, 2.75) is 31.1 Å². The minimum absolute atomic E-state index is 0.00298. The molecule has 130 valence electrons. The molecule has 1 spiro atoms. The average molecular weight is 368 g/mol. The van der Waals surface area contributed by atoms with E-state index < -0.39 is 10.0 Å². The zero-order valence-electron chi connectivity index (χ0n) is 13.5. The van der Waals surface area contributed by atoms with Gasteiger partial charge in [0.05, 0.1) is 22.6 Å². The Kier molecular flexibility index (Phi) is 4.03. The maximum atomic E-state index is 13.2. The Bertz CT molecular complexity index is 820. The van der Waals surface area contributed by atoms with Crippen LogP contribution in [-0.4, -0.2) is 44.2 Å². The van der Waals surface area contributed by atoms with E-state index in [0.29, 0.717) is 30.4 Å². The van der Waals surface area contributed by atoms with Crippen LogP contribution in [-0.2, 0) is 14.8 Å². The number of nitrogens with zero attached hydrogens (tertiary/aromatic N) is 2. The topological polar surface area (TPSA) is 72.6 Å². The summed E-state index contributed by atoms with van der Waals surface area (Å²) in [5.41, 5.74) is 0.00298. The summed E-state index contributed by atoms with van der Waals surface area (Å²) in [6.45, 7) is 4.39. The summed E-state index contributed by atoms with van der Waals surface area (Å²) in [7, 11) is -3.50. The predicted octanol–water partition coefficient (Wildman–Crippen LogP) is 2.90. The van der Waals surface area contributed by atoms with E-state index >= 15 is 0 Å². The Morgan fingerprint density at radius 1 is 1.38 bits per heavy atom. The van der Waals surface area contributed by atoms with E-state index in [0.717, 1.165) is 35.6 Å². The van der Waals surface area contributed by atoms with Gasteiger partial charge in [-0.1, -0.05) is 5.16 Å². The Morgan fingerprint density at radius 2 is 2.25 bits per heavy atom. The largest absolute Gasteiger partial charge is 0.381 e. The smallest absolute Gasteiger partial charge is 0.244 e. The third-order valence-electron chi connectivity index (χ3n) is 4.98. The molecule has 0 aromatic carbocycles. The van der Waals surface area contributed by atoms with Crippen molar-refractivity contribution in [3.05, 3.63) is 23.2 Å². The molecular weight excluding hydrogens is 348 g/mol. The van der Waals surface area contributed by atoms with Crippen molar-refractivity contribution in [3.63, 3.8) is 0 Å². The number of aromatic nitrogens is 1. The summed E-state index contributed by atoms with van der Waals surface area (Å²) in [6, 6.07) is 3.45. The van der Waals surface area contributed by atoms with Gasteiger partial charge < -0.3 is 9.26 Å². The molecule has 2 saturated heterocycles. The van der Waals surface area contributed by atoms with Gasteiger partial charge in [0.25, 0.3) is 0 Å². The van der Waals surface area contributed by atoms with Crippen LogP contribution in [0.1, 0.15) is 24.1 Å². The highest BCUT2D eigenvalue weighted by atomic mass is 32.2. The monoisotopic (exact) mass is 368 g/mol. The fourth-order valence-electron chi connectivity index (χ4n) is 3.66. The fraction of sp³-hybridized carbons (Fsp3) is 0.562. The molecule has 4 heterocycles. The van der Waals surface area contributed by atoms with Gasteiger partial charge in [0, 0.05) is 36.1 Å². The lowest BCUT2D eigenvalue weighted by Crippen LogP contribution is -2.46. The highest BCUT2D eigenvalue weighted by Crippen LogP contribution is 2.41. The Labute approximate surface area is 145 Å². The van der Waals surface area contributed by atoms with Crippen LogP contribution < -0.4 is 0 Å². The molecule has 0 saturated carbocycles. The predicted molar refractivity (Wildman–Crippen MR) is 90.4 cm³/mol. The van der Waals surface area contributed by atoms with Crippen molar-refractivity contribution in [2.24, 2.45) is 5.41 Å². The van der Waals surface area contributed by atoms with Crippen LogP contribution in [0.4, 0.5) is 0 Å². The first kappa shape index (κ1) is 16.3. The van der Waals surface area contributed by atoms with Crippen LogP contribution in [0.2, 0.25) is 0 Å². The van der Waals surface area contributed by atoms with Gasteiger partial charge >= 0.3 is 0 Å². The molecule has 0 N–H and O–H groups in total. The number of sulfonamides is 1. The highest BCUT2D eigenvalue weighted by molar-refractivity contribution is 7.89. The maximum Gasteiger partial charge on any atom is 0.244 e. The van der Waals surface area contributed by atoms with Gasteiger partial charge in [0.2, 0.25) is 10.0 Å². The summed E-state index contributed by atoms with van der Waals surface area (Å²) in [5.74, 6) is 0.601. The van der Waals surface area contributed by atoms with E-state index in [4.69, 9.17) is 9.26 Å². The molecule has 0 amide bonds. The first-order valence-electron chi connectivity index (χ1n) is 8.10. The average Bonchev–Trinajstić information content (AvgIpc) is 3.28. The minimum Gasteiger partial charge on any atom is -0.381 e. The summed E-state index contributed by atoms with van der Waals surface area (Å²) >= 11 is 1.42. The summed E-state index contributed by atoms with van der Waals surface area (Å²) in [6.07, 6.45) is 4.45. The van der Waals surface area contributed by atoms with Crippen LogP contribution in [0.3, 0.4) is 0 Å². The standard InChI is InChI=1S/C16H20N2O4S2/c1-12-15(9-14(23-12)13-3-6-17-22-13)24(19,20)18-7-2-4-16(10-18)5-8-21-11-16/h3,6,9H,2,4-5,7-8,10-11H2,1H3.